The maximum absolute atomic E-state index is 9.89. The summed E-state index contributed by atoms with van der Waals surface area (Å²) in [6, 6.07) is 0. The topological polar surface area (TPSA) is 69.2 Å². The molecule has 0 saturated carbocycles. The first-order chi connectivity index (χ1) is 5.16. The van der Waals surface area contributed by atoms with E-state index in [1.165, 1.54) is 0 Å². The van der Waals surface area contributed by atoms with Crippen LogP contribution < -0.4 is 5.73 Å². The Hall–Kier alpha value is -0.640. The molecular weight excluding hydrogens is 144 g/mol. The molecular formula is C7H16N2O2. The van der Waals surface area contributed by atoms with Crippen LogP contribution in [0.4, 0.5) is 0 Å². The van der Waals surface area contributed by atoms with Crippen molar-refractivity contribution in [2.24, 2.45) is 11.7 Å². The van der Waals surface area contributed by atoms with Crippen molar-refractivity contribution in [2.75, 3.05) is 13.1 Å². The SMILES string of the molecule is CC(CN)CCCC[N+](=O)[O-]. The highest BCUT2D eigenvalue weighted by molar-refractivity contribution is 4.52. The third-order valence-electron chi connectivity index (χ3n) is 1.69. The molecule has 4 heteroatoms. The lowest BCUT2D eigenvalue weighted by Gasteiger charge is -2.05. The van der Waals surface area contributed by atoms with E-state index in [0.29, 0.717) is 18.9 Å². The third-order valence-corrected chi connectivity index (χ3v) is 1.69. The quantitative estimate of drug-likeness (QED) is 0.358. The van der Waals surface area contributed by atoms with Gasteiger partial charge in [-0.05, 0) is 25.3 Å². The molecule has 0 spiro atoms. The van der Waals surface area contributed by atoms with E-state index in [9.17, 15) is 10.1 Å². The predicted molar refractivity (Wildman–Crippen MR) is 43.9 cm³/mol. The van der Waals surface area contributed by atoms with E-state index < -0.39 is 0 Å². The number of nitrogens with zero attached hydrogens (tertiary/aromatic N) is 1. The molecule has 0 aliphatic heterocycles. The predicted octanol–water partition coefficient (Wildman–Crippen LogP) is 1.03. The zero-order valence-corrected chi connectivity index (χ0v) is 6.95. The number of unbranched alkanes of at least 4 members (excludes halogenated alkanes) is 1. The Balaban J connectivity index is 3.08. The van der Waals surface area contributed by atoms with Crippen molar-refractivity contribution in [3.05, 3.63) is 10.1 Å². The summed E-state index contributed by atoms with van der Waals surface area (Å²) in [6.45, 7) is 2.84. The zero-order chi connectivity index (χ0) is 8.69. The van der Waals surface area contributed by atoms with E-state index in [2.05, 4.69) is 6.92 Å². The van der Waals surface area contributed by atoms with Gasteiger partial charge in [-0.25, -0.2) is 0 Å². The van der Waals surface area contributed by atoms with Gasteiger partial charge < -0.3 is 5.73 Å². The first-order valence-corrected chi connectivity index (χ1v) is 3.98. The van der Waals surface area contributed by atoms with Gasteiger partial charge in [0.25, 0.3) is 0 Å². The van der Waals surface area contributed by atoms with Crippen LogP contribution in [0, 0.1) is 16.0 Å². The van der Waals surface area contributed by atoms with E-state index in [0.717, 1.165) is 12.8 Å². The van der Waals surface area contributed by atoms with Crippen LogP contribution in [0.5, 0.6) is 0 Å². The number of hydrogen-bond donors (Lipinski definition) is 1. The molecule has 2 N–H and O–H groups in total. The molecule has 0 amide bonds. The van der Waals surface area contributed by atoms with E-state index in [4.69, 9.17) is 5.73 Å². The van der Waals surface area contributed by atoms with Gasteiger partial charge in [0.2, 0.25) is 6.54 Å². The minimum Gasteiger partial charge on any atom is -0.330 e. The molecule has 0 heterocycles. The standard InChI is InChI=1S/C7H16N2O2/c1-7(6-8)4-2-3-5-9(10)11/h7H,2-6,8H2,1H3. The molecule has 0 aromatic heterocycles. The molecule has 0 saturated heterocycles. The summed E-state index contributed by atoms with van der Waals surface area (Å²) in [5, 5.41) is 9.89. The van der Waals surface area contributed by atoms with E-state index in [1.54, 1.807) is 0 Å². The van der Waals surface area contributed by atoms with Crippen LogP contribution in [0.2, 0.25) is 0 Å². The molecule has 66 valence electrons. The highest BCUT2D eigenvalue weighted by Gasteiger charge is 2.00. The van der Waals surface area contributed by atoms with E-state index in [-0.39, 0.29) is 11.5 Å². The van der Waals surface area contributed by atoms with Crippen molar-refractivity contribution < 1.29 is 4.92 Å². The Morgan fingerprint density at radius 1 is 1.55 bits per heavy atom. The number of rotatable bonds is 6. The Morgan fingerprint density at radius 3 is 2.64 bits per heavy atom. The fraction of sp³-hybridized carbons (Fsp3) is 1.00. The van der Waals surface area contributed by atoms with Gasteiger partial charge in [-0.15, -0.1) is 0 Å². The second kappa shape index (κ2) is 6.09. The van der Waals surface area contributed by atoms with Crippen LogP contribution in [0.25, 0.3) is 0 Å². The van der Waals surface area contributed by atoms with Gasteiger partial charge in [0.1, 0.15) is 0 Å². The largest absolute Gasteiger partial charge is 0.330 e. The summed E-state index contributed by atoms with van der Waals surface area (Å²) in [7, 11) is 0. The van der Waals surface area contributed by atoms with Gasteiger partial charge in [-0.3, -0.25) is 10.1 Å². The van der Waals surface area contributed by atoms with Crippen LogP contribution >= 0.6 is 0 Å². The van der Waals surface area contributed by atoms with Crippen LogP contribution in [0.15, 0.2) is 0 Å². The molecule has 4 nitrogen and oxygen atoms in total. The average Bonchev–Trinajstić information content (AvgIpc) is 1.97. The number of nitrogens with two attached hydrogens (primary N) is 1. The minimum absolute atomic E-state index is 0.0945. The summed E-state index contributed by atoms with van der Waals surface area (Å²) in [6.07, 6.45) is 2.60. The van der Waals surface area contributed by atoms with Gasteiger partial charge in [0.05, 0.1) is 0 Å². The molecule has 0 aliphatic carbocycles. The fourth-order valence-corrected chi connectivity index (χ4v) is 0.852. The van der Waals surface area contributed by atoms with Crippen LogP contribution in [0.1, 0.15) is 26.2 Å². The molecule has 11 heavy (non-hydrogen) atoms. The molecule has 1 unspecified atom stereocenters. The highest BCUT2D eigenvalue weighted by atomic mass is 16.6. The molecule has 0 aromatic carbocycles. The first kappa shape index (κ1) is 10.4. The van der Waals surface area contributed by atoms with Gasteiger partial charge >= 0.3 is 0 Å². The fourth-order valence-electron chi connectivity index (χ4n) is 0.852. The monoisotopic (exact) mass is 160 g/mol. The third kappa shape index (κ3) is 7.25. The smallest absolute Gasteiger partial charge is 0.203 e. The lowest BCUT2D eigenvalue weighted by Crippen LogP contribution is -2.11. The van der Waals surface area contributed by atoms with Crippen LogP contribution in [-0.2, 0) is 0 Å². The minimum atomic E-state index is -0.271. The van der Waals surface area contributed by atoms with Crippen LogP contribution in [-0.4, -0.2) is 18.0 Å². The Bertz CT molecular complexity index is 117. The number of nitro groups is 1. The Kier molecular flexibility index (Phi) is 5.74. The van der Waals surface area contributed by atoms with Gasteiger partial charge in [-0.1, -0.05) is 6.92 Å². The Morgan fingerprint density at radius 2 is 2.18 bits per heavy atom. The molecule has 0 aliphatic rings. The van der Waals surface area contributed by atoms with Gasteiger partial charge in [-0.2, -0.15) is 0 Å². The Labute approximate surface area is 66.9 Å². The maximum Gasteiger partial charge on any atom is 0.203 e. The summed E-state index contributed by atoms with van der Waals surface area (Å²) in [4.78, 5) is 9.62. The summed E-state index contributed by atoms with van der Waals surface area (Å²) in [5.74, 6) is 0.502. The summed E-state index contributed by atoms with van der Waals surface area (Å²) < 4.78 is 0. The molecule has 0 radical (unpaired) electrons. The lowest BCUT2D eigenvalue weighted by molar-refractivity contribution is -0.480. The zero-order valence-electron chi connectivity index (χ0n) is 6.95. The first-order valence-electron chi connectivity index (χ1n) is 3.98. The van der Waals surface area contributed by atoms with Gasteiger partial charge in [0.15, 0.2) is 0 Å². The van der Waals surface area contributed by atoms with Crippen molar-refractivity contribution >= 4 is 0 Å². The molecule has 0 rings (SSSR count). The van der Waals surface area contributed by atoms with Crippen LogP contribution in [0.3, 0.4) is 0 Å². The van der Waals surface area contributed by atoms with Crippen molar-refractivity contribution in [1.29, 1.82) is 0 Å². The van der Waals surface area contributed by atoms with E-state index >= 15 is 0 Å². The summed E-state index contributed by atoms with van der Waals surface area (Å²) >= 11 is 0. The molecule has 0 aromatic rings. The van der Waals surface area contributed by atoms with Crippen molar-refractivity contribution in [2.45, 2.75) is 26.2 Å². The number of hydrogen-bond acceptors (Lipinski definition) is 3. The van der Waals surface area contributed by atoms with Crippen molar-refractivity contribution in [3.63, 3.8) is 0 Å². The second-order valence-electron chi connectivity index (χ2n) is 2.89. The summed E-state index contributed by atoms with van der Waals surface area (Å²) in [5.41, 5.74) is 5.38. The van der Waals surface area contributed by atoms with Crippen molar-refractivity contribution in [1.82, 2.24) is 0 Å². The maximum atomic E-state index is 9.89. The average molecular weight is 160 g/mol. The van der Waals surface area contributed by atoms with E-state index in [1.807, 2.05) is 0 Å². The molecule has 0 bridgehead atoms. The van der Waals surface area contributed by atoms with Gasteiger partial charge in [0, 0.05) is 11.3 Å². The highest BCUT2D eigenvalue weighted by Crippen LogP contribution is 2.05. The normalized spacial score (nSPS) is 12.9. The molecule has 0 fully saturated rings. The van der Waals surface area contributed by atoms with Crippen molar-refractivity contribution in [3.8, 4) is 0 Å². The lowest BCUT2D eigenvalue weighted by atomic mass is 10.0. The molecule has 1 atom stereocenters. The second-order valence-corrected chi connectivity index (χ2v) is 2.89.